The zero-order valence-corrected chi connectivity index (χ0v) is 15.9. The first kappa shape index (κ1) is 19.7. The summed E-state index contributed by atoms with van der Waals surface area (Å²) in [5, 5.41) is 7.12. The highest BCUT2D eigenvalue weighted by Crippen LogP contribution is 2.32. The molecule has 1 aromatic carbocycles. The summed E-state index contributed by atoms with van der Waals surface area (Å²) in [4.78, 5) is 12.5. The minimum atomic E-state index is -4.45. The monoisotopic (exact) mass is 391 g/mol. The molecule has 0 spiro atoms. The van der Waals surface area contributed by atoms with Crippen molar-refractivity contribution >= 4 is 11.7 Å². The van der Waals surface area contributed by atoms with Crippen LogP contribution in [-0.4, -0.2) is 15.7 Å². The molecule has 0 saturated heterocycles. The lowest BCUT2D eigenvalue weighted by Crippen LogP contribution is -2.26. The van der Waals surface area contributed by atoms with Crippen LogP contribution in [0.25, 0.3) is 11.3 Å². The average molecular weight is 391 g/mol. The molecule has 0 saturated carbocycles. The van der Waals surface area contributed by atoms with Crippen LogP contribution in [0.15, 0.2) is 46.9 Å². The van der Waals surface area contributed by atoms with Gasteiger partial charge in [0.1, 0.15) is 11.6 Å². The van der Waals surface area contributed by atoms with Crippen LogP contribution in [0.3, 0.4) is 0 Å². The highest BCUT2D eigenvalue weighted by molar-refractivity contribution is 6.02. The molecule has 28 heavy (non-hydrogen) atoms. The van der Waals surface area contributed by atoms with E-state index in [-0.39, 0.29) is 22.6 Å². The quantitative estimate of drug-likeness (QED) is 0.643. The number of aryl methyl sites for hydroxylation is 1. The number of anilines is 1. The first-order valence-corrected chi connectivity index (χ1v) is 8.61. The molecule has 1 amide bonds. The number of halogens is 3. The molecule has 0 aliphatic heterocycles. The van der Waals surface area contributed by atoms with Crippen molar-refractivity contribution in [1.29, 1.82) is 0 Å². The van der Waals surface area contributed by atoms with Crippen LogP contribution in [0.4, 0.5) is 19.0 Å². The average Bonchev–Trinajstić information content (AvgIpc) is 3.21. The molecular formula is C20H20F3N3O2. The Morgan fingerprint density at radius 3 is 2.46 bits per heavy atom. The van der Waals surface area contributed by atoms with Crippen molar-refractivity contribution < 1.29 is 22.4 Å². The van der Waals surface area contributed by atoms with Gasteiger partial charge in [-0.3, -0.25) is 4.79 Å². The Bertz CT molecular complexity index is 1010. The van der Waals surface area contributed by atoms with Crippen molar-refractivity contribution in [3.05, 3.63) is 59.5 Å². The van der Waals surface area contributed by atoms with Gasteiger partial charge in [-0.15, -0.1) is 0 Å². The zero-order valence-electron chi connectivity index (χ0n) is 15.9. The summed E-state index contributed by atoms with van der Waals surface area (Å²) >= 11 is 0. The molecule has 1 N–H and O–H groups in total. The molecule has 8 heteroatoms. The Balaban J connectivity index is 1.85. The fourth-order valence-electron chi connectivity index (χ4n) is 2.74. The second-order valence-electron chi connectivity index (χ2n) is 7.45. The van der Waals surface area contributed by atoms with E-state index in [1.54, 1.807) is 10.7 Å². The molecule has 0 bridgehead atoms. The molecular weight excluding hydrogens is 371 g/mol. The van der Waals surface area contributed by atoms with Crippen LogP contribution in [0.2, 0.25) is 0 Å². The van der Waals surface area contributed by atoms with Crippen molar-refractivity contribution in [2.24, 2.45) is 0 Å². The van der Waals surface area contributed by atoms with E-state index in [4.69, 9.17) is 4.42 Å². The van der Waals surface area contributed by atoms with E-state index in [1.807, 2.05) is 27.7 Å². The maximum Gasteiger partial charge on any atom is 0.416 e. The van der Waals surface area contributed by atoms with Gasteiger partial charge in [0.2, 0.25) is 0 Å². The van der Waals surface area contributed by atoms with E-state index >= 15 is 0 Å². The number of benzene rings is 1. The summed E-state index contributed by atoms with van der Waals surface area (Å²) in [5.41, 5.74) is -0.140. The van der Waals surface area contributed by atoms with E-state index in [1.165, 1.54) is 24.3 Å². The number of nitrogens with zero attached hydrogens (tertiary/aromatic N) is 2. The molecule has 5 nitrogen and oxygen atoms in total. The van der Waals surface area contributed by atoms with Gasteiger partial charge in [0.05, 0.1) is 16.8 Å². The van der Waals surface area contributed by atoms with Gasteiger partial charge in [-0.25, -0.2) is 4.68 Å². The fourth-order valence-corrected chi connectivity index (χ4v) is 2.74. The second-order valence-corrected chi connectivity index (χ2v) is 7.45. The minimum absolute atomic E-state index is 0.00766. The van der Waals surface area contributed by atoms with Gasteiger partial charge in [0.25, 0.3) is 5.91 Å². The number of furan rings is 1. The third-order valence-electron chi connectivity index (χ3n) is 4.01. The van der Waals surface area contributed by atoms with E-state index < -0.39 is 17.6 Å². The summed E-state index contributed by atoms with van der Waals surface area (Å²) in [6.07, 6.45) is -4.45. The van der Waals surface area contributed by atoms with Crippen LogP contribution in [-0.2, 0) is 11.7 Å². The SMILES string of the molecule is Cc1cc(NC(=O)c2ccc(-c3cccc(C(F)(F)F)c3)o2)n(C(C)(C)C)n1. The molecule has 2 heterocycles. The maximum absolute atomic E-state index is 12.9. The highest BCUT2D eigenvalue weighted by atomic mass is 19.4. The molecule has 148 valence electrons. The minimum Gasteiger partial charge on any atom is -0.451 e. The first-order valence-electron chi connectivity index (χ1n) is 8.61. The molecule has 0 atom stereocenters. The Kier molecular flexibility index (Phi) is 4.82. The van der Waals surface area contributed by atoms with Gasteiger partial charge < -0.3 is 9.73 Å². The lowest BCUT2D eigenvalue weighted by atomic mass is 10.1. The number of hydrogen-bond acceptors (Lipinski definition) is 3. The highest BCUT2D eigenvalue weighted by Gasteiger charge is 2.30. The number of alkyl halides is 3. The zero-order chi connectivity index (χ0) is 20.7. The Labute approximate surface area is 160 Å². The normalized spacial score (nSPS) is 12.2. The van der Waals surface area contributed by atoms with E-state index in [2.05, 4.69) is 10.4 Å². The summed E-state index contributed by atoms with van der Waals surface area (Å²) in [7, 11) is 0. The first-order chi connectivity index (χ1) is 12.9. The molecule has 0 radical (unpaired) electrons. The summed E-state index contributed by atoms with van der Waals surface area (Å²) in [6.45, 7) is 7.67. The van der Waals surface area contributed by atoms with E-state index in [0.717, 1.165) is 17.8 Å². The van der Waals surface area contributed by atoms with Gasteiger partial charge in [-0.1, -0.05) is 12.1 Å². The van der Waals surface area contributed by atoms with Crippen molar-refractivity contribution in [2.45, 2.75) is 39.4 Å². The summed E-state index contributed by atoms with van der Waals surface area (Å²) < 4.78 is 45.9. The van der Waals surface area contributed by atoms with Gasteiger partial charge in [-0.05, 0) is 52.0 Å². The van der Waals surface area contributed by atoms with Crippen LogP contribution < -0.4 is 5.32 Å². The smallest absolute Gasteiger partial charge is 0.416 e. The Hall–Kier alpha value is -3.03. The van der Waals surface area contributed by atoms with Crippen molar-refractivity contribution in [3.63, 3.8) is 0 Å². The molecule has 3 rings (SSSR count). The molecule has 0 unspecified atom stereocenters. The number of hydrogen-bond donors (Lipinski definition) is 1. The number of carbonyl (C=O) groups excluding carboxylic acids is 1. The summed E-state index contributed by atoms with van der Waals surface area (Å²) in [5.74, 6) is 0.166. The largest absolute Gasteiger partial charge is 0.451 e. The maximum atomic E-state index is 12.9. The number of rotatable bonds is 3. The van der Waals surface area contributed by atoms with Crippen LogP contribution in [0, 0.1) is 6.92 Å². The molecule has 0 aliphatic rings. The van der Waals surface area contributed by atoms with Gasteiger partial charge >= 0.3 is 6.18 Å². The molecule has 0 fully saturated rings. The molecule has 3 aromatic rings. The number of amides is 1. The Morgan fingerprint density at radius 1 is 1.11 bits per heavy atom. The Morgan fingerprint density at radius 2 is 1.82 bits per heavy atom. The number of carbonyl (C=O) groups is 1. The van der Waals surface area contributed by atoms with Crippen molar-refractivity contribution in [3.8, 4) is 11.3 Å². The predicted octanol–water partition coefficient (Wildman–Crippen LogP) is 5.48. The topological polar surface area (TPSA) is 60.1 Å². The number of aromatic nitrogens is 2. The number of nitrogens with one attached hydrogen (secondary N) is 1. The van der Waals surface area contributed by atoms with Crippen molar-refractivity contribution in [2.75, 3.05) is 5.32 Å². The van der Waals surface area contributed by atoms with Gasteiger partial charge in [-0.2, -0.15) is 18.3 Å². The fraction of sp³-hybridized carbons (Fsp3) is 0.300. The van der Waals surface area contributed by atoms with Gasteiger partial charge in [0.15, 0.2) is 5.76 Å². The van der Waals surface area contributed by atoms with E-state index in [0.29, 0.717) is 5.82 Å². The lowest BCUT2D eigenvalue weighted by Gasteiger charge is -2.22. The standard InChI is InChI=1S/C20H20F3N3O2/c1-12-10-17(26(25-12)19(2,3)4)24-18(27)16-9-8-15(28-16)13-6-5-7-14(11-13)20(21,22)23/h5-11H,1-4H3,(H,24,27). The van der Waals surface area contributed by atoms with Crippen LogP contribution >= 0.6 is 0 Å². The lowest BCUT2D eigenvalue weighted by molar-refractivity contribution is -0.137. The molecule has 0 aliphatic carbocycles. The second kappa shape index (κ2) is 6.85. The molecule has 2 aromatic heterocycles. The van der Waals surface area contributed by atoms with Crippen LogP contribution in [0.1, 0.15) is 42.6 Å². The third kappa shape index (κ3) is 4.11. The summed E-state index contributed by atoms with van der Waals surface area (Å²) in [6, 6.07) is 9.39. The van der Waals surface area contributed by atoms with E-state index in [9.17, 15) is 18.0 Å². The van der Waals surface area contributed by atoms with Crippen LogP contribution in [0.5, 0.6) is 0 Å². The third-order valence-corrected chi connectivity index (χ3v) is 4.01. The predicted molar refractivity (Wildman–Crippen MR) is 99.1 cm³/mol. The van der Waals surface area contributed by atoms with Gasteiger partial charge in [0, 0.05) is 11.6 Å². The van der Waals surface area contributed by atoms with Crippen molar-refractivity contribution in [1.82, 2.24) is 9.78 Å².